The van der Waals surface area contributed by atoms with Gasteiger partial charge in [0.1, 0.15) is 0 Å². The molecule has 1 spiro atoms. The van der Waals surface area contributed by atoms with Gasteiger partial charge in [-0.3, -0.25) is 4.74 Å². The van der Waals surface area contributed by atoms with Gasteiger partial charge in [-0.2, -0.15) is 0 Å². The van der Waals surface area contributed by atoms with Crippen LogP contribution >= 0.6 is 0 Å². The van der Waals surface area contributed by atoms with Crippen LogP contribution in [0.3, 0.4) is 0 Å². The van der Waals surface area contributed by atoms with Gasteiger partial charge in [0.25, 0.3) is 0 Å². The van der Waals surface area contributed by atoms with E-state index in [-0.39, 0.29) is 0 Å². The molecule has 2 nitrogen and oxygen atoms in total. The predicted octanol–water partition coefficient (Wildman–Crippen LogP) is 2.40. The van der Waals surface area contributed by atoms with Gasteiger partial charge in [-0.1, -0.05) is 0 Å². The molecule has 1 aliphatic carbocycles. The van der Waals surface area contributed by atoms with E-state index in [4.69, 9.17) is 0 Å². The molecule has 1 aliphatic heterocycles. The van der Waals surface area contributed by atoms with Gasteiger partial charge in [-0.05, 0) is 38.1 Å². The number of hydrogen-bond acceptors (Lipinski definition) is 2. The van der Waals surface area contributed by atoms with Gasteiger partial charge in [-0.25, -0.2) is 0 Å². The lowest BCUT2D eigenvalue weighted by Crippen LogP contribution is -2.56. The standard InChI is InChI=1S/C10H16F3NO/c1-14-6-9(7-14)4-2-8(3-5-9)15-10(11,12)13/h8H,2-7H2,1H3. The van der Waals surface area contributed by atoms with E-state index in [9.17, 15) is 13.2 Å². The minimum absolute atomic E-state index is 0.306. The van der Waals surface area contributed by atoms with E-state index >= 15 is 0 Å². The van der Waals surface area contributed by atoms with Crippen molar-refractivity contribution in [3.63, 3.8) is 0 Å². The molecule has 2 rings (SSSR count). The summed E-state index contributed by atoms with van der Waals surface area (Å²) in [5.74, 6) is 0. The topological polar surface area (TPSA) is 12.5 Å². The van der Waals surface area contributed by atoms with Crippen molar-refractivity contribution in [3.05, 3.63) is 0 Å². The van der Waals surface area contributed by atoms with Crippen LogP contribution in [0.2, 0.25) is 0 Å². The van der Waals surface area contributed by atoms with E-state index in [1.54, 1.807) is 0 Å². The first-order valence-corrected chi connectivity index (χ1v) is 5.32. The van der Waals surface area contributed by atoms with Gasteiger partial charge in [0, 0.05) is 13.1 Å². The third-order valence-corrected chi connectivity index (χ3v) is 3.50. The molecule has 0 bridgehead atoms. The van der Waals surface area contributed by atoms with Crippen LogP contribution in [-0.4, -0.2) is 37.5 Å². The molecule has 1 saturated carbocycles. The van der Waals surface area contributed by atoms with Crippen molar-refractivity contribution in [1.29, 1.82) is 0 Å². The van der Waals surface area contributed by atoms with Gasteiger partial charge < -0.3 is 4.90 Å². The van der Waals surface area contributed by atoms with Crippen molar-refractivity contribution in [3.8, 4) is 0 Å². The van der Waals surface area contributed by atoms with Gasteiger partial charge >= 0.3 is 6.36 Å². The molecule has 2 aliphatic rings. The molecule has 0 N–H and O–H groups in total. The lowest BCUT2D eigenvalue weighted by molar-refractivity contribution is -0.347. The summed E-state index contributed by atoms with van der Waals surface area (Å²) in [6.07, 6.45) is -2.23. The third-order valence-electron chi connectivity index (χ3n) is 3.50. The highest BCUT2D eigenvalue weighted by atomic mass is 19.4. The monoisotopic (exact) mass is 223 g/mol. The third kappa shape index (κ3) is 2.64. The molecule has 5 heteroatoms. The van der Waals surface area contributed by atoms with Crippen molar-refractivity contribution in [2.24, 2.45) is 5.41 Å². The fourth-order valence-corrected chi connectivity index (χ4v) is 2.93. The molecule has 0 aromatic heterocycles. The van der Waals surface area contributed by atoms with Crippen LogP contribution in [0.15, 0.2) is 0 Å². The van der Waals surface area contributed by atoms with E-state index in [2.05, 4.69) is 9.64 Å². The fourth-order valence-electron chi connectivity index (χ4n) is 2.93. The van der Waals surface area contributed by atoms with E-state index in [0.29, 0.717) is 18.3 Å². The van der Waals surface area contributed by atoms with Crippen molar-refractivity contribution in [2.75, 3.05) is 20.1 Å². The largest absolute Gasteiger partial charge is 0.522 e. The first kappa shape index (κ1) is 11.2. The number of ether oxygens (including phenoxy) is 1. The summed E-state index contributed by atoms with van der Waals surface area (Å²) in [5.41, 5.74) is 0.306. The Hall–Kier alpha value is -0.290. The quantitative estimate of drug-likeness (QED) is 0.676. The maximum Gasteiger partial charge on any atom is 0.522 e. The molecule has 0 radical (unpaired) electrons. The minimum Gasteiger partial charge on any atom is -0.305 e. The Kier molecular flexibility index (Phi) is 2.71. The second-order valence-electron chi connectivity index (χ2n) is 4.94. The Balaban J connectivity index is 1.78. The fraction of sp³-hybridized carbons (Fsp3) is 1.00. The number of likely N-dealkylation sites (tertiary alicyclic amines) is 1. The van der Waals surface area contributed by atoms with Crippen molar-refractivity contribution >= 4 is 0 Å². The maximum atomic E-state index is 12.0. The molecule has 88 valence electrons. The number of alkyl halides is 3. The molecule has 0 aromatic rings. The van der Waals surface area contributed by atoms with E-state index in [1.165, 1.54) is 0 Å². The highest BCUT2D eigenvalue weighted by molar-refractivity contribution is 4.96. The average molecular weight is 223 g/mol. The van der Waals surface area contributed by atoms with Crippen molar-refractivity contribution in [1.82, 2.24) is 4.90 Å². The summed E-state index contributed by atoms with van der Waals surface area (Å²) in [5, 5.41) is 0. The molecule has 15 heavy (non-hydrogen) atoms. The first-order valence-electron chi connectivity index (χ1n) is 5.32. The lowest BCUT2D eigenvalue weighted by Gasteiger charge is -2.52. The molecular formula is C10H16F3NO. The highest BCUT2D eigenvalue weighted by Gasteiger charge is 2.45. The zero-order chi connectivity index (χ0) is 11.1. The molecule has 1 heterocycles. The SMILES string of the molecule is CN1CC2(CCC(OC(F)(F)F)CC2)C1. The predicted molar refractivity (Wildman–Crippen MR) is 49.3 cm³/mol. The van der Waals surface area contributed by atoms with Crippen LogP contribution in [0.25, 0.3) is 0 Å². The Morgan fingerprint density at radius 2 is 1.73 bits per heavy atom. The summed E-state index contributed by atoms with van der Waals surface area (Å²) in [6, 6.07) is 0. The summed E-state index contributed by atoms with van der Waals surface area (Å²) < 4.78 is 39.9. The number of rotatable bonds is 1. The second-order valence-corrected chi connectivity index (χ2v) is 4.94. The number of nitrogens with zero attached hydrogens (tertiary/aromatic N) is 1. The van der Waals surface area contributed by atoms with Crippen molar-refractivity contribution < 1.29 is 17.9 Å². The van der Waals surface area contributed by atoms with E-state index < -0.39 is 12.5 Å². The van der Waals surface area contributed by atoms with E-state index in [0.717, 1.165) is 25.9 Å². The van der Waals surface area contributed by atoms with Crippen LogP contribution in [0, 0.1) is 5.41 Å². The molecule has 0 amide bonds. The lowest BCUT2D eigenvalue weighted by atomic mass is 9.68. The Morgan fingerprint density at radius 1 is 1.20 bits per heavy atom. The smallest absolute Gasteiger partial charge is 0.305 e. The summed E-state index contributed by atoms with van der Waals surface area (Å²) in [4.78, 5) is 2.21. The van der Waals surface area contributed by atoms with Crippen LogP contribution in [-0.2, 0) is 4.74 Å². The second kappa shape index (κ2) is 3.63. The molecule has 0 aromatic carbocycles. The molecule has 2 fully saturated rings. The Bertz CT molecular complexity index is 225. The highest BCUT2D eigenvalue weighted by Crippen LogP contribution is 2.44. The number of hydrogen-bond donors (Lipinski definition) is 0. The summed E-state index contributed by atoms with van der Waals surface area (Å²) >= 11 is 0. The summed E-state index contributed by atoms with van der Waals surface area (Å²) in [7, 11) is 2.05. The van der Waals surface area contributed by atoms with Gasteiger partial charge in [0.15, 0.2) is 0 Å². The first-order chi connectivity index (χ1) is 6.89. The van der Waals surface area contributed by atoms with E-state index in [1.807, 2.05) is 7.05 Å². The van der Waals surface area contributed by atoms with Gasteiger partial charge in [0.05, 0.1) is 6.10 Å². The zero-order valence-electron chi connectivity index (χ0n) is 8.81. The van der Waals surface area contributed by atoms with Gasteiger partial charge in [0.2, 0.25) is 0 Å². The van der Waals surface area contributed by atoms with Crippen LogP contribution < -0.4 is 0 Å². The number of halogens is 3. The summed E-state index contributed by atoms with van der Waals surface area (Å²) in [6.45, 7) is 2.07. The normalized spacial score (nSPS) is 28.0. The van der Waals surface area contributed by atoms with Gasteiger partial charge in [-0.15, -0.1) is 13.2 Å². The Labute approximate surface area is 87.4 Å². The van der Waals surface area contributed by atoms with Crippen molar-refractivity contribution in [2.45, 2.75) is 38.1 Å². The van der Waals surface area contributed by atoms with Crippen LogP contribution in [0.5, 0.6) is 0 Å². The molecular weight excluding hydrogens is 207 g/mol. The zero-order valence-corrected chi connectivity index (χ0v) is 8.81. The Morgan fingerprint density at radius 3 is 2.13 bits per heavy atom. The average Bonchev–Trinajstić information content (AvgIpc) is 2.04. The molecule has 0 unspecified atom stereocenters. The molecule has 1 saturated heterocycles. The minimum atomic E-state index is -4.47. The van der Waals surface area contributed by atoms with Crippen LogP contribution in [0.4, 0.5) is 13.2 Å². The molecule has 0 atom stereocenters. The van der Waals surface area contributed by atoms with Crippen LogP contribution in [0.1, 0.15) is 25.7 Å². The maximum absolute atomic E-state index is 12.0.